The number of nitrogens with one attached hydrogen (secondary N) is 1. The molecule has 404 valence electrons. The van der Waals surface area contributed by atoms with Gasteiger partial charge in [0.25, 0.3) is 0 Å². The number of aliphatic hydroxyl groups is 5. The van der Waals surface area contributed by atoms with Crippen LogP contribution in [0.15, 0.2) is 85.1 Å². The third kappa shape index (κ3) is 39.0. The Morgan fingerprint density at radius 2 is 0.900 bits per heavy atom. The van der Waals surface area contributed by atoms with Crippen LogP contribution in [0.4, 0.5) is 0 Å². The first kappa shape index (κ1) is 65.4. The van der Waals surface area contributed by atoms with Crippen molar-refractivity contribution in [1.29, 1.82) is 0 Å². The number of rotatable bonds is 48. The first-order chi connectivity index (χ1) is 34.3. The molecule has 1 saturated heterocycles. The summed E-state index contributed by atoms with van der Waals surface area (Å²) in [6.07, 6.45) is 63.7. The lowest BCUT2D eigenvalue weighted by Crippen LogP contribution is -2.60. The molecule has 1 aliphatic heterocycles. The third-order valence-corrected chi connectivity index (χ3v) is 13.2. The lowest BCUT2D eigenvalue weighted by atomic mass is 9.99. The van der Waals surface area contributed by atoms with Crippen molar-refractivity contribution in [2.45, 2.75) is 281 Å². The highest BCUT2D eigenvalue weighted by Gasteiger charge is 2.44. The van der Waals surface area contributed by atoms with E-state index in [1.807, 2.05) is 6.08 Å². The first-order valence-corrected chi connectivity index (χ1v) is 28.8. The summed E-state index contributed by atoms with van der Waals surface area (Å²) in [5, 5.41) is 54.4. The van der Waals surface area contributed by atoms with E-state index in [1.165, 1.54) is 148 Å². The summed E-state index contributed by atoms with van der Waals surface area (Å²) < 4.78 is 11.2. The Morgan fingerprint density at radius 3 is 1.37 bits per heavy atom. The second-order valence-electron chi connectivity index (χ2n) is 19.7. The quantitative estimate of drug-likeness (QED) is 0.0261. The first-order valence-electron chi connectivity index (χ1n) is 28.8. The van der Waals surface area contributed by atoms with Crippen LogP contribution in [0.2, 0.25) is 0 Å². The van der Waals surface area contributed by atoms with Gasteiger partial charge in [-0.05, 0) is 77.0 Å². The van der Waals surface area contributed by atoms with Gasteiger partial charge in [0.1, 0.15) is 24.4 Å². The second-order valence-corrected chi connectivity index (χ2v) is 19.7. The van der Waals surface area contributed by atoms with Crippen molar-refractivity contribution in [3.05, 3.63) is 85.1 Å². The zero-order valence-corrected chi connectivity index (χ0v) is 44.7. The number of amides is 1. The molecule has 1 heterocycles. The van der Waals surface area contributed by atoms with Crippen molar-refractivity contribution in [3.63, 3.8) is 0 Å². The molecule has 7 unspecified atom stereocenters. The maximum absolute atomic E-state index is 13.0. The van der Waals surface area contributed by atoms with Crippen molar-refractivity contribution >= 4 is 5.91 Å². The summed E-state index contributed by atoms with van der Waals surface area (Å²) in [6.45, 7) is 3.64. The van der Waals surface area contributed by atoms with Crippen LogP contribution >= 0.6 is 0 Å². The summed E-state index contributed by atoms with van der Waals surface area (Å²) in [5.41, 5.74) is 0. The number of carbonyl (C=O) groups is 1. The average molecular weight is 983 g/mol. The van der Waals surface area contributed by atoms with Crippen LogP contribution in [0.1, 0.15) is 239 Å². The molecule has 0 spiro atoms. The van der Waals surface area contributed by atoms with Crippen molar-refractivity contribution in [1.82, 2.24) is 5.32 Å². The van der Waals surface area contributed by atoms with E-state index in [0.29, 0.717) is 6.42 Å². The van der Waals surface area contributed by atoms with Gasteiger partial charge in [0.15, 0.2) is 6.29 Å². The Bertz CT molecular complexity index is 1370. The molecule has 0 radical (unpaired) electrons. The summed E-state index contributed by atoms with van der Waals surface area (Å²) in [4.78, 5) is 13.0. The molecule has 70 heavy (non-hydrogen) atoms. The van der Waals surface area contributed by atoms with Crippen LogP contribution in [-0.4, -0.2) is 87.5 Å². The van der Waals surface area contributed by atoms with Crippen molar-refractivity contribution in [2.24, 2.45) is 0 Å². The van der Waals surface area contributed by atoms with Gasteiger partial charge in [0.05, 0.1) is 25.4 Å². The molecule has 0 aromatic carbocycles. The predicted octanol–water partition coefficient (Wildman–Crippen LogP) is 14.2. The maximum atomic E-state index is 13.0. The number of hydrogen-bond donors (Lipinski definition) is 6. The molecule has 0 aromatic rings. The fourth-order valence-corrected chi connectivity index (χ4v) is 8.67. The Balaban J connectivity index is 2.15. The number of aliphatic hydroxyl groups excluding tert-OH is 5. The minimum atomic E-state index is -1.57. The van der Waals surface area contributed by atoms with Gasteiger partial charge in [-0.25, -0.2) is 0 Å². The van der Waals surface area contributed by atoms with Crippen LogP contribution in [0.5, 0.6) is 0 Å². The van der Waals surface area contributed by atoms with E-state index >= 15 is 0 Å². The molecular formula is C61H107NO8. The molecule has 9 nitrogen and oxygen atoms in total. The van der Waals surface area contributed by atoms with Gasteiger partial charge < -0.3 is 40.3 Å². The highest BCUT2D eigenvalue weighted by molar-refractivity contribution is 5.76. The summed E-state index contributed by atoms with van der Waals surface area (Å²) in [7, 11) is 0. The zero-order valence-electron chi connectivity index (χ0n) is 44.7. The van der Waals surface area contributed by atoms with Gasteiger partial charge in [-0.15, -0.1) is 0 Å². The van der Waals surface area contributed by atoms with Gasteiger partial charge in [0, 0.05) is 6.42 Å². The molecule has 7 atom stereocenters. The molecular weight excluding hydrogens is 875 g/mol. The minimum absolute atomic E-state index is 0.188. The SMILES string of the molecule is CC/C=C\C/C=C\C/C=C\C/C=C\C/C=C\CCCCCCCCCCCCCCCCCCCC(=O)NC(COC1OC(CO)C(O)C(O)C1O)C(O)/C=C/CC/C=C/CCCCCCCCCC. The number of ether oxygens (including phenoxy) is 2. The van der Waals surface area contributed by atoms with Crippen LogP contribution < -0.4 is 5.32 Å². The third-order valence-electron chi connectivity index (χ3n) is 13.2. The van der Waals surface area contributed by atoms with Gasteiger partial charge in [-0.1, -0.05) is 240 Å². The van der Waals surface area contributed by atoms with Gasteiger partial charge >= 0.3 is 0 Å². The predicted molar refractivity (Wildman–Crippen MR) is 295 cm³/mol. The number of allylic oxidation sites excluding steroid dienone is 13. The van der Waals surface area contributed by atoms with E-state index in [4.69, 9.17) is 9.47 Å². The molecule has 1 rings (SSSR count). The highest BCUT2D eigenvalue weighted by atomic mass is 16.7. The van der Waals surface area contributed by atoms with Crippen molar-refractivity contribution in [2.75, 3.05) is 13.2 Å². The van der Waals surface area contributed by atoms with Gasteiger partial charge in [0.2, 0.25) is 5.91 Å². The van der Waals surface area contributed by atoms with E-state index in [1.54, 1.807) is 6.08 Å². The molecule has 6 N–H and O–H groups in total. The van der Waals surface area contributed by atoms with E-state index in [-0.39, 0.29) is 12.5 Å². The van der Waals surface area contributed by atoms with Gasteiger partial charge in [-0.2, -0.15) is 0 Å². The number of unbranched alkanes of at least 4 members (excludes halogenated alkanes) is 26. The maximum Gasteiger partial charge on any atom is 0.220 e. The summed E-state index contributed by atoms with van der Waals surface area (Å²) >= 11 is 0. The number of carbonyl (C=O) groups excluding carboxylic acids is 1. The lowest BCUT2D eigenvalue weighted by Gasteiger charge is -2.40. The fraction of sp³-hybridized carbons (Fsp3) is 0.754. The highest BCUT2D eigenvalue weighted by Crippen LogP contribution is 2.23. The molecule has 0 saturated carbocycles. The van der Waals surface area contributed by atoms with Crippen LogP contribution in [0.3, 0.4) is 0 Å². The lowest BCUT2D eigenvalue weighted by molar-refractivity contribution is -0.302. The van der Waals surface area contributed by atoms with E-state index in [0.717, 1.165) is 70.6 Å². The molecule has 9 heteroatoms. The normalized spacial score (nSPS) is 20.0. The van der Waals surface area contributed by atoms with Crippen molar-refractivity contribution in [3.8, 4) is 0 Å². The zero-order chi connectivity index (χ0) is 50.8. The monoisotopic (exact) mass is 982 g/mol. The van der Waals surface area contributed by atoms with Gasteiger partial charge in [-0.3, -0.25) is 4.79 Å². The summed E-state index contributed by atoms with van der Waals surface area (Å²) in [6, 6.07) is -0.824. The molecule has 1 amide bonds. The minimum Gasteiger partial charge on any atom is -0.394 e. The second kappa shape index (κ2) is 49.9. The fourth-order valence-electron chi connectivity index (χ4n) is 8.67. The van der Waals surface area contributed by atoms with Crippen LogP contribution in [0.25, 0.3) is 0 Å². The average Bonchev–Trinajstić information content (AvgIpc) is 3.36. The smallest absolute Gasteiger partial charge is 0.220 e. The molecule has 0 aromatic heterocycles. The van der Waals surface area contributed by atoms with Crippen LogP contribution in [-0.2, 0) is 14.3 Å². The standard InChI is InChI=1S/C61H107NO8/c1-3-5-7-9-11-13-15-17-19-20-21-22-23-24-25-26-27-28-29-30-31-32-33-34-35-36-37-39-41-43-45-47-49-51-57(65)62-54(53-69-61-60(68)59(67)58(66)56(52-63)70-61)55(64)50-48-46-44-42-40-38-18-16-14-12-10-8-6-4-2/h5,7,11,13,17,19,21-22,24-25,40,42,48,50,54-56,58-61,63-64,66-68H,3-4,6,8-10,12,14-16,18,20,23,26-39,41,43-47,49,51-53H2,1-2H3,(H,62,65)/b7-5-,13-11-,19-17-,22-21-,25-24-,42-40+,50-48+. The summed E-state index contributed by atoms with van der Waals surface area (Å²) in [5.74, 6) is -0.188. The molecule has 1 fully saturated rings. The van der Waals surface area contributed by atoms with E-state index in [2.05, 4.69) is 92.1 Å². The van der Waals surface area contributed by atoms with E-state index in [9.17, 15) is 30.3 Å². The topological polar surface area (TPSA) is 149 Å². The molecule has 1 aliphatic rings. The largest absolute Gasteiger partial charge is 0.394 e. The Hall–Kier alpha value is -2.63. The molecule has 0 bridgehead atoms. The Morgan fingerprint density at radius 1 is 0.500 bits per heavy atom. The van der Waals surface area contributed by atoms with Crippen molar-refractivity contribution < 1.29 is 39.8 Å². The molecule has 0 aliphatic carbocycles. The number of hydrogen-bond acceptors (Lipinski definition) is 8. The Kier molecular flexibility index (Phi) is 46.6. The van der Waals surface area contributed by atoms with Crippen LogP contribution in [0, 0.1) is 0 Å². The van der Waals surface area contributed by atoms with E-state index < -0.39 is 49.5 Å². The Labute approximate surface area is 429 Å².